The number of halogens is 2. The maximum absolute atomic E-state index is 12.6. The molecule has 2 atom stereocenters. The van der Waals surface area contributed by atoms with Crippen molar-refractivity contribution in [1.29, 1.82) is 0 Å². The van der Waals surface area contributed by atoms with Crippen molar-refractivity contribution in [2.24, 2.45) is 5.92 Å². The van der Waals surface area contributed by atoms with Crippen LogP contribution in [0.4, 0.5) is 5.69 Å². The minimum atomic E-state index is -2.10. The van der Waals surface area contributed by atoms with Gasteiger partial charge in [0.1, 0.15) is 0 Å². The van der Waals surface area contributed by atoms with Crippen molar-refractivity contribution >= 4 is 59.8 Å². The molecule has 1 heterocycles. The second-order valence-electron chi connectivity index (χ2n) is 8.08. The van der Waals surface area contributed by atoms with E-state index in [2.05, 4.69) is 16.0 Å². The number of carboxylic acid groups (broad SMARTS) is 1. The fourth-order valence-corrected chi connectivity index (χ4v) is 3.68. The molecule has 33 heavy (non-hydrogen) atoms. The van der Waals surface area contributed by atoms with Crippen molar-refractivity contribution in [2.45, 2.75) is 44.7 Å². The van der Waals surface area contributed by atoms with E-state index in [1.165, 1.54) is 7.05 Å². The number of anilines is 1. The summed E-state index contributed by atoms with van der Waals surface area (Å²) >= 11 is 12.0. The Morgan fingerprint density at radius 1 is 1.24 bits per heavy atom. The molecule has 4 N–H and O–H groups in total. The summed E-state index contributed by atoms with van der Waals surface area (Å²) in [4.78, 5) is 48.8. The van der Waals surface area contributed by atoms with Gasteiger partial charge in [0.05, 0.1) is 36.0 Å². The highest BCUT2D eigenvalue weighted by atomic mass is 35.5. The molecule has 0 saturated carbocycles. The number of rotatable bonds is 10. The fourth-order valence-electron chi connectivity index (χ4n) is 3.32. The predicted octanol–water partition coefficient (Wildman–Crippen LogP) is 1.89. The van der Waals surface area contributed by atoms with Crippen molar-refractivity contribution in [3.05, 3.63) is 28.2 Å². The van der Waals surface area contributed by atoms with Gasteiger partial charge in [-0.15, -0.1) is 0 Å². The third-order valence-corrected chi connectivity index (χ3v) is 5.47. The monoisotopic (exact) mass is 501 g/mol. The van der Waals surface area contributed by atoms with Crippen molar-refractivity contribution < 1.29 is 33.6 Å². The lowest BCUT2D eigenvalue weighted by atomic mass is 9.70. The zero-order valence-corrected chi connectivity index (χ0v) is 20.0. The van der Waals surface area contributed by atoms with E-state index in [0.717, 1.165) is 0 Å². The third kappa shape index (κ3) is 7.51. The van der Waals surface area contributed by atoms with Crippen LogP contribution in [0.15, 0.2) is 18.2 Å². The average molecular weight is 502 g/mol. The van der Waals surface area contributed by atoms with Gasteiger partial charge in [0.15, 0.2) is 5.60 Å². The van der Waals surface area contributed by atoms with E-state index in [4.69, 9.17) is 32.5 Å². The molecule has 1 fully saturated rings. The van der Waals surface area contributed by atoms with Gasteiger partial charge >= 0.3 is 13.1 Å². The minimum absolute atomic E-state index is 0.0352. The molecular formula is C20H26BCl2N3O7. The van der Waals surface area contributed by atoms with E-state index >= 15 is 0 Å². The summed E-state index contributed by atoms with van der Waals surface area (Å²) in [5, 5.41) is 18.4. The second kappa shape index (κ2) is 11.6. The maximum atomic E-state index is 12.6. The van der Waals surface area contributed by atoms with E-state index in [0.29, 0.717) is 22.2 Å². The number of nitrogens with one attached hydrogen (secondary N) is 3. The quantitative estimate of drug-likeness (QED) is 0.356. The highest BCUT2D eigenvalue weighted by Crippen LogP contribution is 2.30. The summed E-state index contributed by atoms with van der Waals surface area (Å²) in [6.45, 7) is 3.57. The van der Waals surface area contributed by atoms with Crippen LogP contribution in [-0.4, -0.2) is 61.1 Å². The van der Waals surface area contributed by atoms with E-state index < -0.39 is 55.3 Å². The van der Waals surface area contributed by atoms with Crippen LogP contribution in [0.1, 0.15) is 33.1 Å². The molecular weight excluding hydrogens is 476 g/mol. The Labute approximate surface area is 201 Å². The van der Waals surface area contributed by atoms with Gasteiger partial charge in [-0.1, -0.05) is 37.0 Å². The lowest BCUT2D eigenvalue weighted by Gasteiger charge is -2.38. The van der Waals surface area contributed by atoms with Gasteiger partial charge in [-0.25, -0.2) is 4.79 Å². The molecule has 1 aromatic rings. The van der Waals surface area contributed by atoms with Crippen molar-refractivity contribution in [2.75, 3.05) is 18.9 Å². The van der Waals surface area contributed by atoms with Crippen LogP contribution in [-0.2, 0) is 28.5 Å². The predicted molar refractivity (Wildman–Crippen MR) is 123 cm³/mol. The second-order valence-corrected chi connectivity index (χ2v) is 8.93. The van der Waals surface area contributed by atoms with E-state index in [1.807, 2.05) is 13.8 Å². The molecule has 1 aromatic carbocycles. The molecule has 0 aliphatic carbocycles. The smallest absolute Gasteiger partial charge is 0.508 e. The molecule has 0 spiro atoms. The molecule has 1 aliphatic rings. The number of carbonyl (C=O) groups is 4. The zero-order chi connectivity index (χ0) is 24.8. The van der Waals surface area contributed by atoms with Crippen molar-refractivity contribution in [1.82, 2.24) is 10.6 Å². The standard InChI is InChI=1S/C20H26BCl2N3O7/c1-11(2)6-15(26-17(28)10-25-14-7-12(22)4-5-13(14)23)21-32-18(29)9-20(33-21,19(30)31)8-16(27)24-3/h4-5,7,11,15,25H,6,8-10H2,1-3H3,(H,24,27)(H,26,28)(H,30,31)/t15-,20+/m0/s1. The molecule has 0 bridgehead atoms. The van der Waals surface area contributed by atoms with Gasteiger partial charge in [0.25, 0.3) is 5.97 Å². The molecule has 0 radical (unpaired) electrons. The third-order valence-electron chi connectivity index (χ3n) is 4.90. The molecule has 180 valence electrons. The fraction of sp³-hybridized carbons (Fsp3) is 0.500. The summed E-state index contributed by atoms with van der Waals surface area (Å²) in [6.07, 6.45) is -0.900. The van der Waals surface area contributed by atoms with Crippen LogP contribution in [0.2, 0.25) is 10.0 Å². The Morgan fingerprint density at radius 2 is 1.94 bits per heavy atom. The van der Waals surface area contributed by atoms with Crippen LogP contribution in [0.3, 0.4) is 0 Å². The number of carboxylic acids is 1. The highest BCUT2D eigenvalue weighted by Gasteiger charge is 2.54. The van der Waals surface area contributed by atoms with Crippen LogP contribution in [0.25, 0.3) is 0 Å². The van der Waals surface area contributed by atoms with Crippen LogP contribution in [0.5, 0.6) is 0 Å². The van der Waals surface area contributed by atoms with E-state index in [9.17, 15) is 24.3 Å². The van der Waals surface area contributed by atoms with Crippen molar-refractivity contribution in [3.63, 3.8) is 0 Å². The van der Waals surface area contributed by atoms with Gasteiger partial charge in [-0.3, -0.25) is 14.4 Å². The molecule has 2 rings (SSSR count). The summed E-state index contributed by atoms with van der Waals surface area (Å²) < 4.78 is 10.9. The topological polar surface area (TPSA) is 143 Å². The molecule has 10 nitrogen and oxygen atoms in total. The Kier molecular flexibility index (Phi) is 9.39. The van der Waals surface area contributed by atoms with Gasteiger partial charge in [-0.05, 0) is 30.5 Å². The normalized spacial score (nSPS) is 19.0. The van der Waals surface area contributed by atoms with Gasteiger partial charge in [0.2, 0.25) is 11.8 Å². The van der Waals surface area contributed by atoms with Gasteiger partial charge < -0.3 is 30.4 Å². The number of hydrogen-bond donors (Lipinski definition) is 4. The summed E-state index contributed by atoms with van der Waals surface area (Å²) in [7, 11) is -0.0505. The number of hydrogen-bond acceptors (Lipinski definition) is 7. The van der Waals surface area contributed by atoms with E-state index in [1.54, 1.807) is 18.2 Å². The highest BCUT2D eigenvalue weighted by molar-refractivity contribution is 6.50. The molecule has 13 heteroatoms. The van der Waals surface area contributed by atoms with Crippen LogP contribution in [0, 0.1) is 5.92 Å². The summed E-state index contributed by atoms with van der Waals surface area (Å²) in [5.41, 5.74) is -1.65. The zero-order valence-electron chi connectivity index (χ0n) is 18.4. The molecule has 2 amide bonds. The number of carbonyl (C=O) groups excluding carboxylic acids is 3. The Morgan fingerprint density at radius 3 is 2.55 bits per heavy atom. The Bertz CT molecular complexity index is 918. The summed E-state index contributed by atoms with van der Waals surface area (Å²) in [5.74, 6) is -4.23. The first-order valence-electron chi connectivity index (χ1n) is 10.3. The van der Waals surface area contributed by atoms with Gasteiger partial charge in [0, 0.05) is 12.1 Å². The first kappa shape index (κ1) is 26.8. The maximum Gasteiger partial charge on any atom is 0.552 e. The van der Waals surface area contributed by atoms with Crippen molar-refractivity contribution in [3.8, 4) is 0 Å². The van der Waals surface area contributed by atoms with Crippen LogP contribution >= 0.6 is 23.2 Å². The van der Waals surface area contributed by atoms with Crippen LogP contribution < -0.4 is 16.0 Å². The molecule has 0 unspecified atom stereocenters. The van der Waals surface area contributed by atoms with Gasteiger partial charge in [-0.2, -0.15) is 0 Å². The number of amides is 2. The summed E-state index contributed by atoms with van der Waals surface area (Å²) in [6, 6.07) is 4.75. The lowest BCUT2D eigenvalue weighted by molar-refractivity contribution is -0.172. The average Bonchev–Trinajstić information content (AvgIpc) is 2.72. The molecule has 1 aliphatic heterocycles. The minimum Gasteiger partial charge on any atom is -0.508 e. The number of aliphatic carboxylic acids is 1. The molecule has 1 saturated heterocycles. The SMILES string of the molecule is CNC(=O)C[C@]1(C(=O)O)CC(=O)OB([C@H](CC(C)C)NC(=O)CNc2cc(Cl)ccc2Cl)O1. The Hall–Kier alpha value is -2.50. The first-order chi connectivity index (χ1) is 15.5. The first-order valence-corrected chi connectivity index (χ1v) is 11.0. The largest absolute Gasteiger partial charge is 0.552 e. The number of benzene rings is 1. The van der Waals surface area contributed by atoms with E-state index in [-0.39, 0.29) is 12.5 Å². The Balaban J connectivity index is 2.17. The lowest BCUT2D eigenvalue weighted by Crippen LogP contribution is -2.62. The molecule has 0 aromatic heterocycles.